The number of methoxy groups -OCH3 is 2. The van der Waals surface area contributed by atoms with E-state index in [2.05, 4.69) is 17.4 Å². The molecule has 0 aliphatic rings. The molecule has 0 atom stereocenters. The lowest BCUT2D eigenvalue weighted by Gasteiger charge is -2.14. The summed E-state index contributed by atoms with van der Waals surface area (Å²) >= 11 is 6.14. The SMILES string of the molecule is COc1cc(NC(=O)c2ccccc2CCc2ccccc2)c(OC)cc1Cl. The van der Waals surface area contributed by atoms with Crippen LogP contribution in [0, 0.1) is 0 Å². The number of rotatable bonds is 7. The van der Waals surface area contributed by atoms with Gasteiger partial charge in [-0.1, -0.05) is 60.1 Å². The molecule has 0 radical (unpaired) electrons. The van der Waals surface area contributed by atoms with Crippen LogP contribution in [0.5, 0.6) is 11.5 Å². The third-order valence-electron chi connectivity index (χ3n) is 4.51. The Morgan fingerprint density at radius 2 is 1.57 bits per heavy atom. The van der Waals surface area contributed by atoms with Crippen LogP contribution < -0.4 is 14.8 Å². The van der Waals surface area contributed by atoms with Gasteiger partial charge in [0.05, 0.1) is 24.9 Å². The first kappa shape index (κ1) is 19.8. The number of hydrogen-bond donors (Lipinski definition) is 1. The molecule has 28 heavy (non-hydrogen) atoms. The summed E-state index contributed by atoms with van der Waals surface area (Å²) in [5.41, 5.74) is 3.37. The number of amides is 1. The lowest BCUT2D eigenvalue weighted by atomic mass is 9.99. The summed E-state index contributed by atoms with van der Waals surface area (Å²) in [4.78, 5) is 13.0. The molecule has 144 valence electrons. The van der Waals surface area contributed by atoms with E-state index < -0.39 is 0 Å². The van der Waals surface area contributed by atoms with Gasteiger partial charge in [0.15, 0.2) is 0 Å². The van der Waals surface area contributed by atoms with Crippen LogP contribution in [0.25, 0.3) is 0 Å². The van der Waals surface area contributed by atoms with E-state index in [-0.39, 0.29) is 5.91 Å². The van der Waals surface area contributed by atoms with Crippen molar-refractivity contribution < 1.29 is 14.3 Å². The van der Waals surface area contributed by atoms with Crippen LogP contribution in [-0.4, -0.2) is 20.1 Å². The summed E-state index contributed by atoms with van der Waals surface area (Å²) in [5, 5.41) is 3.33. The normalized spacial score (nSPS) is 10.4. The maximum atomic E-state index is 13.0. The summed E-state index contributed by atoms with van der Waals surface area (Å²) in [6, 6.07) is 21.1. The smallest absolute Gasteiger partial charge is 0.256 e. The number of ether oxygens (including phenoxy) is 2. The van der Waals surface area contributed by atoms with E-state index in [1.807, 2.05) is 42.5 Å². The first-order valence-electron chi connectivity index (χ1n) is 8.97. The molecule has 1 N–H and O–H groups in total. The monoisotopic (exact) mass is 395 g/mol. The summed E-state index contributed by atoms with van der Waals surface area (Å²) in [7, 11) is 3.06. The summed E-state index contributed by atoms with van der Waals surface area (Å²) in [6.07, 6.45) is 1.64. The topological polar surface area (TPSA) is 47.6 Å². The predicted octanol–water partition coefficient (Wildman–Crippen LogP) is 5.39. The Morgan fingerprint density at radius 3 is 2.29 bits per heavy atom. The quantitative estimate of drug-likeness (QED) is 0.583. The van der Waals surface area contributed by atoms with Gasteiger partial charge in [-0.2, -0.15) is 0 Å². The minimum Gasteiger partial charge on any atom is -0.495 e. The Balaban J connectivity index is 1.82. The molecular weight excluding hydrogens is 374 g/mol. The largest absolute Gasteiger partial charge is 0.495 e. The summed E-state index contributed by atoms with van der Waals surface area (Å²) in [6.45, 7) is 0. The number of hydrogen-bond acceptors (Lipinski definition) is 3. The van der Waals surface area contributed by atoms with Crippen molar-refractivity contribution in [2.45, 2.75) is 12.8 Å². The second-order valence-corrected chi connectivity index (χ2v) is 6.69. The number of halogens is 1. The Hall–Kier alpha value is -2.98. The highest BCUT2D eigenvalue weighted by molar-refractivity contribution is 6.32. The molecule has 0 heterocycles. The molecule has 0 bridgehead atoms. The molecule has 3 rings (SSSR count). The average molecular weight is 396 g/mol. The van der Waals surface area contributed by atoms with Gasteiger partial charge < -0.3 is 14.8 Å². The third-order valence-corrected chi connectivity index (χ3v) is 4.81. The highest BCUT2D eigenvalue weighted by Gasteiger charge is 2.16. The minimum atomic E-state index is -0.202. The molecule has 0 unspecified atom stereocenters. The van der Waals surface area contributed by atoms with E-state index in [1.165, 1.54) is 19.8 Å². The van der Waals surface area contributed by atoms with Crippen LogP contribution in [0.1, 0.15) is 21.5 Å². The Bertz CT molecular complexity index is 957. The van der Waals surface area contributed by atoms with Crippen molar-refractivity contribution in [1.82, 2.24) is 0 Å². The van der Waals surface area contributed by atoms with Crippen molar-refractivity contribution >= 4 is 23.2 Å². The number of carbonyl (C=O) groups excluding carboxylic acids is 1. The average Bonchev–Trinajstić information content (AvgIpc) is 2.74. The van der Waals surface area contributed by atoms with Crippen LogP contribution in [-0.2, 0) is 12.8 Å². The van der Waals surface area contributed by atoms with Crippen molar-refractivity contribution in [2.75, 3.05) is 19.5 Å². The molecule has 3 aromatic rings. The Kier molecular flexibility index (Phi) is 6.56. The number of anilines is 1. The molecule has 5 heteroatoms. The van der Waals surface area contributed by atoms with Gasteiger partial charge in [-0.3, -0.25) is 4.79 Å². The van der Waals surface area contributed by atoms with Crippen LogP contribution in [0.15, 0.2) is 66.7 Å². The fourth-order valence-corrected chi connectivity index (χ4v) is 3.26. The van der Waals surface area contributed by atoms with E-state index >= 15 is 0 Å². The van der Waals surface area contributed by atoms with E-state index in [0.29, 0.717) is 27.8 Å². The van der Waals surface area contributed by atoms with Crippen LogP contribution in [0.3, 0.4) is 0 Å². The zero-order chi connectivity index (χ0) is 19.9. The Labute approximate surface area is 170 Å². The second kappa shape index (κ2) is 9.29. The zero-order valence-corrected chi connectivity index (χ0v) is 16.6. The Morgan fingerprint density at radius 1 is 0.893 bits per heavy atom. The molecule has 0 fully saturated rings. The van der Waals surface area contributed by atoms with Gasteiger partial charge in [-0.25, -0.2) is 0 Å². The molecule has 0 saturated carbocycles. The lowest BCUT2D eigenvalue weighted by molar-refractivity contribution is 0.102. The maximum Gasteiger partial charge on any atom is 0.256 e. The van der Waals surface area contributed by atoms with E-state index in [9.17, 15) is 4.79 Å². The zero-order valence-electron chi connectivity index (χ0n) is 15.9. The predicted molar refractivity (Wildman–Crippen MR) is 113 cm³/mol. The molecule has 3 aromatic carbocycles. The van der Waals surface area contributed by atoms with Crippen molar-refractivity contribution in [3.8, 4) is 11.5 Å². The van der Waals surface area contributed by atoms with Gasteiger partial charge in [-0.05, 0) is 30.0 Å². The van der Waals surface area contributed by atoms with Crippen LogP contribution in [0.4, 0.5) is 5.69 Å². The van der Waals surface area contributed by atoms with Crippen molar-refractivity contribution in [1.29, 1.82) is 0 Å². The van der Waals surface area contributed by atoms with Crippen molar-refractivity contribution in [2.24, 2.45) is 0 Å². The number of aryl methyl sites for hydroxylation is 2. The summed E-state index contributed by atoms with van der Waals surface area (Å²) < 4.78 is 10.6. The van der Waals surface area contributed by atoms with Gasteiger partial charge in [-0.15, -0.1) is 0 Å². The first-order valence-corrected chi connectivity index (χ1v) is 9.35. The van der Waals surface area contributed by atoms with E-state index in [1.54, 1.807) is 12.1 Å². The fourth-order valence-electron chi connectivity index (χ4n) is 3.03. The molecule has 0 aliphatic heterocycles. The van der Waals surface area contributed by atoms with Crippen molar-refractivity contribution in [3.63, 3.8) is 0 Å². The minimum absolute atomic E-state index is 0.202. The van der Waals surface area contributed by atoms with Gasteiger partial charge in [0.1, 0.15) is 11.5 Å². The molecule has 0 saturated heterocycles. The van der Waals surface area contributed by atoms with Crippen molar-refractivity contribution in [3.05, 3.63) is 88.4 Å². The summed E-state index contributed by atoms with van der Waals surface area (Å²) in [5.74, 6) is 0.738. The van der Waals surface area contributed by atoms with Gasteiger partial charge >= 0.3 is 0 Å². The second-order valence-electron chi connectivity index (χ2n) is 6.28. The molecule has 0 aromatic heterocycles. The number of nitrogens with one attached hydrogen (secondary N) is 1. The van der Waals surface area contributed by atoms with Gasteiger partial charge in [0.2, 0.25) is 0 Å². The molecule has 0 aliphatic carbocycles. The number of benzene rings is 3. The lowest BCUT2D eigenvalue weighted by Crippen LogP contribution is -2.15. The first-order chi connectivity index (χ1) is 13.6. The fraction of sp³-hybridized carbons (Fsp3) is 0.174. The van der Waals surface area contributed by atoms with Crippen LogP contribution in [0.2, 0.25) is 5.02 Å². The molecule has 4 nitrogen and oxygen atoms in total. The number of carbonyl (C=O) groups is 1. The standard InChI is InChI=1S/C23H22ClNO3/c1-27-21-15-20(22(28-2)14-19(21)24)25-23(26)18-11-7-6-10-17(18)13-12-16-8-4-3-5-9-16/h3-11,14-15H,12-13H2,1-2H3,(H,25,26). The third kappa shape index (κ3) is 4.65. The highest BCUT2D eigenvalue weighted by atomic mass is 35.5. The maximum absolute atomic E-state index is 13.0. The van der Waals surface area contributed by atoms with Gasteiger partial charge in [0, 0.05) is 17.7 Å². The molecule has 0 spiro atoms. The van der Waals surface area contributed by atoms with E-state index in [0.717, 1.165) is 18.4 Å². The highest BCUT2D eigenvalue weighted by Crippen LogP contribution is 2.36. The van der Waals surface area contributed by atoms with Gasteiger partial charge in [0.25, 0.3) is 5.91 Å². The molecule has 1 amide bonds. The van der Waals surface area contributed by atoms with Crippen LogP contribution >= 0.6 is 11.6 Å². The molecular formula is C23H22ClNO3. The van der Waals surface area contributed by atoms with E-state index in [4.69, 9.17) is 21.1 Å².